The van der Waals surface area contributed by atoms with Gasteiger partial charge in [0.1, 0.15) is 31.0 Å². The number of piperazine rings is 1. The van der Waals surface area contributed by atoms with Gasteiger partial charge in [0.25, 0.3) is 5.69 Å². The van der Waals surface area contributed by atoms with Crippen molar-refractivity contribution in [1.29, 1.82) is 0 Å². The Hall–Kier alpha value is -3.37. The minimum absolute atomic E-state index is 0.0794. The number of ether oxygens (including phenoxy) is 6. The number of nitrogens with zero attached hydrogens (tertiary/aromatic N) is 6. The molecule has 4 saturated heterocycles. The zero-order valence-corrected chi connectivity index (χ0v) is 26.8. The predicted octanol–water partition coefficient (Wildman–Crippen LogP) is 3.63. The minimum Gasteiger partial charge on any atom is -0.460 e. The Kier molecular flexibility index (Phi) is 8.38. The van der Waals surface area contributed by atoms with Crippen molar-refractivity contribution in [2.45, 2.75) is 108 Å². The Morgan fingerprint density at radius 3 is 2.24 bits per heavy atom. The molecule has 1 aromatic heterocycles. The zero-order chi connectivity index (χ0) is 32.1. The summed E-state index contributed by atoms with van der Waals surface area (Å²) in [5.41, 5.74) is 1.02. The van der Waals surface area contributed by atoms with Crippen LogP contribution in [0.15, 0.2) is 24.3 Å². The molecule has 0 radical (unpaired) electrons. The van der Waals surface area contributed by atoms with E-state index in [1.54, 1.807) is 12.1 Å². The van der Waals surface area contributed by atoms with Gasteiger partial charge in [-0.05, 0) is 52.7 Å². The van der Waals surface area contributed by atoms with E-state index < -0.39 is 36.2 Å². The number of anilines is 3. The Bertz CT molecular complexity index is 1400. The molecule has 5 atom stereocenters. The van der Waals surface area contributed by atoms with Crippen molar-refractivity contribution in [3.8, 4) is 6.01 Å². The molecule has 250 valence electrons. The number of nitro groups is 1. The molecule has 5 fully saturated rings. The highest BCUT2D eigenvalue weighted by atomic mass is 16.9. The van der Waals surface area contributed by atoms with Crippen LogP contribution in [0.4, 0.5) is 23.3 Å². The van der Waals surface area contributed by atoms with E-state index in [9.17, 15) is 10.1 Å². The summed E-state index contributed by atoms with van der Waals surface area (Å²) in [6, 6.07) is 7.15. The van der Waals surface area contributed by atoms with Gasteiger partial charge in [-0.15, -0.1) is 0 Å². The van der Waals surface area contributed by atoms with Crippen LogP contribution in [-0.4, -0.2) is 101 Å². The summed E-state index contributed by atoms with van der Waals surface area (Å²) in [7, 11) is 0. The summed E-state index contributed by atoms with van der Waals surface area (Å²) < 4.78 is 37.3. The Labute approximate surface area is 268 Å². The van der Waals surface area contributed by atoms with E-state index in [4.69, 9.17) is 38.4 Å². The lowest BCUT2D eigenvalue weighted by Crippen LogP contribution is -2.56. The van der Waals surface area contributed by atoms with Gasteiger partial charge in [-0.25, -0.2) is 0 Å². The van der Waals surface area contributed by atoms with Crippen LogP contribution >= 0.6 is 0 Å². The summed E-state index contributed by atoms with van der Waals surface area (Å²) >= 11 is 0. The monoisotopic (exact) mass is 641 g/mol. The second kappa shape index (κ2) is 12.3. The number of rotatable bonds is 8. The highest BCUT2D eigenvalue weighted by Gasteiger charge is 2.60. The average molecular weight is 642 g/mol. The fourth-order valence-electron chi connectivity index (χ4n) is 6.98. The standard InChI is InChI=1S/C31H43N7O8/c1-30(2)43-23-22(42-26-25(24(23)44-30)45-31(3,4)46-26)18-41-29-34-27(32-19-8-6-5-7-9-19)33-28(35-29)37-16-14-36(15-17-37)20-10-12-21(13-11-20)38(39)40/h10-13,19,22-26H,5-9,14-18H2,1-4H3,(H,32,33,34,35)/t22-,23+,24+,25-,26-/m1/s1. The van der Waals surface area contributed by atoms with Crippen LogP contribution in [0.3, 0.4) is 0 Å². The number of non-ortho nitro benzene ring substituents is 1. The van der Waals surface area contributed by atoms with Gasteiger partial charge in [-0.1, -0.05) is 19.3 Å². The number of nitrogens with one attached hydrogen (secondary N) is 1. The van der Waals surface area contributed by atoms with Gasteiger partial charge in [-0.3, -0.25) is 10.1 Å². The normalized spacial score (nSPS) is 30.5. The third kappa shape index (κ3) is 6.69. The molecule has 7 rings (SSSR count). The van der Waals surface area contributed by atoms with Crippen molar-refractivity contribution in [3.63, 3.8) is 0 Å². The largest absolute Gasteiger partial charge is 0.460 e. The predicted molar refractivity (Wildman–Crippen MR) is 166 cm³/mol. The lowest BCUT2D eigenvalue weighted by Gasteiger charge is -2.37. The second-order valence-electron chi connectivity index (χ2n) is 13.5. The van der Waals surface area contributed by atoms with E-state index in [0.29, 0.717) is 44.1 Å². The SMILES string of the molecule is CC1(C)O[C@H]2[C@@H](O1)[C@@H](COc1nc(NC3CCCCC3)nc(N3CCN(c4ccc([N+](=O)[O-])cc4)CC3)n1)O[C@@H]1OC(C)(C)O[C@@H]12. The van der Waals surface area contributed by atoms with Crippen LogP contribution in [0.5, 0.6) is 6.01 Å². The van der Waals surface area contributed by atoms with Gasteiger partial charge < -0.3 is 43.5 Å². The van der Waals surface area contributed by atoms with Crippen molar-refractivity contribution in [2.75, 3.05) is 47.9 Å². The summed E-state index contributed by atoms with van der Waals surface area (Å²) in [6.07, 6.45) is 3.37. The first-order valence-corrected chi connectivity index (χ1v) is 16.3. The molecule has 1 aromatic carbocycles. The molecule has 1 N–H and O–H groups in total. The molecule has 15 heteroatoms. The number of fused-ring (bicyclic) bond motifs is 3. The molecule has 15 nitrogen and oxygen atoms in total. The minimum atomic E-state index is -0.810. The van der Waals surface area contributed by atoms with Crippen LogP contribution in [0.1, 0.15) is 59.8 Å². The van der Waals surface area contributed by atoms with Crippen LogP contribution in [0.2, 0.25) is 0 Å². The average Bonchev–Trinajstić information content (AvgIpc) is 3.54. The Balaban J connectivity index is 1.07. The van der Waals surface area contributed by atoms with Gasteiger partial charge in [0.15, 0.2) is 17.9 Å². The molecule has 0 bridgehead atoms. The van der Waals surface area contributed by atoms with Crippen molar-refractivity contribution < 1.29 is 33.3 Å². The third-order valence-electron chi connectivity index (χ3n) is 9.16. The van der Waals surface area contributed by atoms with Gasteiger partial charge in [0.2, 0.25) is 11.9 Å². The summed E-state index contributed by atoms with van der Waals surface area (Å²) in [5, 5.41) is 14.6. The highest BCUT2D eigenvalue weighted by Crippen LogP contribution is 2.44. The molecule has 5 aliphatic rings. The molecule has 46 heavy (non-hydrogen) atoms. The van der Waals surface area contributed by atoms with E-state index in [2.05, 4.69) is 20.1 Å². The first kappa shape index (κ1) is 31.2. The van der Waals surface area contributed by atoms with Gasteiger partial charge >= 0.3 is 6.01 Å². The van der Waals surface area contributed by atoms with Crippen molar-refractivity contribution >= 4 is 23.3 Å². The van der Waals surface area contributed by atoms with Crippen molar-refractivity contribution in [1.82, 2.24) is 15.0 Å². The first-order valence-electron chi connectivity index (χ1n) is 16.3. The van der Waals surface area contributed by atoms with Crippen LogP contribution < -0.4 is 19.9 Å². The summed E-state index contributed by atoms with van der Waals surface area (Å²) in [6.45, 7) is 10.3. The van der Waals surface area contributed by atoms with Crippen molar-refractivity contribution in [2.24, 2.45) is 0 Å². The smallest absolute Gasteiger partial charge is 0.323 e. The molecule has 1 saturated carbocycles. The molecule has 0 spiro atoms. The van der Waals surface area contributed by atoms with Crippen LogP contribution in [-0.2, 0) is 23.7 Å². The number of aromatic nitrogens is 3. The highest BCUT2D eigenvalue weighted by molar-refractivity contribution is 5.52. The molecule has 1 aliphatic carbocycles. The Morgan fingerprint density at radius 1 is 0.870 bits per heavy atom. The maximum Gasteiger partial charge on any atom is 0.323 e. The maximum atomic E-state index is 11.1. The number of benzene rings is 1. The molecule has 4 aliphatic heterocycles. The molecule has 5 heterocycles. The Morgan fingerprint density at radius 2 is 1.52 bits per heavy atom. The number of hydrogen-bond donors (Lipinski definition) is 1. The maximum absolute atomic E-state index is 11.1. The topological polar surface area (TPSA) is 156 Å². The van der Waals surface area contributed by atoms with E-state index in [1.165, 1.54) is 31.4 Å². The fourth-order valence-corrected chi connectivity index (χ4v) is 6.98. The first-order chi connectivity index (χ1) is 22.0. The lowest BCUT2D eigenvalue weighted by atomic mass is 9.96. The summed E-state index contributed by atoms with van der Waals surface area (Å²) in [5.74, 6) is -0.597. The van der Waals surface area contributed by atoms with E-state index in [-0.39, 0.29) is 29.3 Å². The van der Waals surface area contributed by atoms with Crippen LogP contribution in [0.25, 0.3) is 0 Å². The molecular weight excluding hydrogens is 598 g/mol. The number of hydrogen-bond acceptors (Lipinski definition) is 14. The van der Waals surface area contributed by atoms with E-state index in [1.807, 2.05) is 27.7 Å². The quantitative estimate of drug-likeness (QED) is 0.329. The van der Waals surface area contributed by atoms with Crippen molar-refractivity contribution in [3.05, 3.63) is 34.4 Å². The molecule has 0 unspecified atom stereocenters. The third-order valence-corrected chi connectivity index (χ3v) is 9.16. The van der Waals surface area contributed by atoms with E-state index >= 15 is 0 Å². The van der Waals surface area contributed by atoms with Gasteiger partial charge in [0, 0.05) is 50.0 Å². The lowest BCUT2D eigenvalue weighted by molar-refractivity contribution is -0.384. The molecule has 2 aromatic rings. The fraction of sp³-hybridized carbons (Fsp3) is 0.710. The van der Waals surface area contributed by atoms with Crippen LogP contribution in [0, 0.1) is 10.1 Å². The second-order valence-corrected chi connectivity index (χ2v) is 13.5. The van der Waals surface area contributed by atoms with Gasteiger partial charge in [0.05, 0.1) is 4.92 Å². The van der Waals surface area contributed by atoms with Gasteiger partial charge in [-0.2, -0.15) is 15.0 Å². The number of nitro benzene ring substituents is 1. The zero-order valence-electron chi connectivity index (χ0n) is 26.8. The summed E-state index contributed by atoms with van der Waals surface area (Å²) in [4.78, 5) is 29.2. The molecule has 0 amide bonds. The van der Waals surface area contributed by atoms with E-state index in [0.717, 1.165) is 18.5 Å². The molecular formula is C31H43N7O8.